The Hall–Kier alpha value is -1.75. The van der Waals surface area contributed by atoms with Crippen LogP contribution in [-0.2, 0) is 14.4 Å². The molecule has 0 aromatic carbocycles. The van der Waals surface area contributed by atoms with Gasteiger partial charge in [0.25, 0.3) is 0 Å². The van der Waals surface area contributed by atoms with Gasteiger partial charge in [0.05, 0.1) is 0 Å². The predicted molar refractivity (Wildman–Crippen MR) is 147 cm³/mol. The summed E-state index contributed by atoms with van der Waals surface area (Å²) in [5.41, 5.74) is 11.2. The molecule has 9 N–H and O–H groups in total. The maximum atomic E-state index is 12.5. The van der Waals surface area contributed by atoms with E-state index in [0.29, 0.717) is 25.3 Å². The van der Waals surface area contributed by atoms with Crippen molar-refractivity contribution >= 4 is 17.7 Å². The second kappa shape index (κ2) is 24.9. The van der Waals surface area contributed by atoms with Crippen molar-refractivity contribution in [2.45, 2.75) is 90.5 Å². The van der Waals surface area contributed by atoms with Crippen LogP contribution in [-0.4, -0.2) is 76.1 Å². The van der Waals surface area contributed by atoms with E-state index in [-0.39, 0.29) is 24.3 Å². The zero-order chi connectivity index (χ0) is 26.9. The maximum absolute atomic E-state index is 12.5. The van der Waals surface area contributed by atoms with E-state index in [4.69, 9.17) is 11.5 Å². The van der Waals surface area contributed by atoms with Gasteiger partial charge < -0.3 is 38.1 Å². The molecule has 0 bridgehead atoms. The first-order valence-electron chi connectivity index (χ1n) is 14.1. The zero-order valence-corrected chi connectivity index (χ0v) is 23.0. The van der Waals surface area contributed by atoms with Crippen LogP contribution in [0.3, 0.4) is 0 Å². The lowest BCUT2D eigenvalue weighted by Gasteiger charge is -2.19. The van der Waals surface area contributed by atoms with E-state index in [2.05, 4.69) is 26.6 Å². The number of amides is 3. The number of carbonyl (C=O) groups is 3. The number of nitrogens with two attached hydrogens (primary N) is 2. The van der Waals surface area contributed by atoms with Crippen LogP contribution in [0.5, 0.6) is 0 Å². The summed E-state index contributed by atoms with van der Waals surface area (Å²) in [6.07, 6.45) is 10.4. The number of unbranched alkanes of at least 4 members (excludes halogenated alkanes) is 5. The molecule has 0 saturated carbocycles. The summed E-state index contributed by atoms with van der Waals surface area (Å²) in [5, 5.41) is 15.4. The van der Waals surface area contributed by atoms with E-state index in [1.807, 2.05) is 0 Å². The monoisotopic (exact) mass is 513 g/mol. The molecule has 0 aliphatic rings. The van der Waals surface area contributed by atoms with E-state index in [0.717, 1.165) is 90.6 Å². The fraction of sp³-hybridized carbons (Fsp3) is 0.885. The molecule has 0 radical (unpaired) electrons. The molecule has 36 heavy (non-hydrogen) atoms. The summed E-state index contributed by atoms with van der Waals surface area (Å²) < 4.78 is 0. The van der Waals surface area contributed by atoms with Gasteiger partial charge in [0, 0.05) is 25.9 Å². The fourth-order valence-electron chi connectivity index (χ4n) is 3.77. The van der Waals surface area contributed by atoms with Gasteiger partial charge in [-0.25, -0.2) is 0 Å². The second-order valence-electron chi connectivity index (χ2n) is 9.39. The van der Waals surface area contributed by atoms with Gasteiger partial charge in [-0.3, -0.25) is 14.4 Å². The minimum absolute atomic E-state index is 0.103. The summed E-state index contributed by atoms with van der Waals surface area (Å²) in [4.78, 5) is 35.8. The average Bonchev–Trinajstić information content (AvgIpc) is 2.88. The van der Waals surface area contributed by atoms with Crippen LogP contribution in [0.15, 0.2) is 0 Å². The lowest BCUT2D eigenvalue weighted by atomic mass is 10.00. The first kappa shape index (κ1) is 34.2. The molecule has 0 rings (SSSR count). The lowest BCUT2D eigenvalue weighted by molar-refractivity contribution is -0.129. The SMILES string of the molecule is CCC(=O)NCC(NC(=O)CC)C(=O)NCCCCCCC(CNCCCCN)CNCCCCN. The van der Waals surface area contributed by atoms with E-state index in [1.54, 1.807) is 13.8 Å². The van der Waals surface area contributed by atoms with Crippen molar-refractivity contribution < 1.29 is 14.4 Å². The normalized spacial score (nSPS) is 11.9. The largest absolute Gasteiger partial charge is 0.354 e. The molecule has 0 saturated heterocycles. The van der Waals surface area contributed by atoms with E-state index < -0.39 is 6.04 Å². The Bertz CT molecular complexity index is 550. The molecule has 0 heterocycles. The smallest absolute Gasteiger partial charge is 0.244 e. The standard InChI is InChI=1S/C26H55N7O3/c1-3-24(34)32-21-23(33-25(35)4-2)26(36)31-18-10-6-5-7-13-22(19-29-16-11-8-14-27)20-30-17-12-9-15-28/h22-23,29-30H,3-21,27-28H2,1-2H3,(H,31,36)(H,32,34)(H,33,35). The van der Waals surface area contributed by atoms with Crippen molar-refractivity contribution in [2.24, 2.45) is 17.4 Å². The summed E-state index contributed by atoms with van der Waals surface area (Å²) in [7, 11) is 0. The minimum Gasteiger partial charge on any atom is -0.354 e. The molecule has 212 valence electrons. The van der Waals surface area contributed by atoms with Crippen LogP contribution in [0.1, 0.15) is 84.5 Å². The molecular weight excluding hydrogens is 458 g/mol. The van der Waals surface area contributed by atoms with Gasteiger partial charge in [-0.05, 0) is 83.7 Å². The van der Waals surface area contributed by atoms with E-state index in [9.17, 15) is 14.4 Å². The van der Waals surface area contributed by atoms with Crippen molar-refractivity contribution in [2.75, 3.05) is 52.4 Å². The van der Waals surface area contributed by atoms with Crippen molar-refractivity contribution in [3.63, 3.8) is 0 Å². The molecule has 3 amide bonds. The van der Waals surface area contributed by atoms with Crippen LogP contribution < -0.4 is 38.1 Å². The maximum Gasteiger partial charge on any atom is 0.244 e. The zero-order valence-electron chi connectivity index (χ0n) is 23.0. The fourth-order valence-corrected chi connectivity index (χ4v) is 3.77. The summed E-state index contributed by atoms with van der Waals surface area (Å²) >= 11 is 0. The lowest BCUT2D eigenvalue weighted by Crippen LogP contribution is -2.52. The Morgan fingerprint density at radius 3 is 1.75 bits per heavy atom. The first-order valence-corrected chi connectivity index (χ1v) is 14.1. The highest BCUT2D eigenvalue weighted by Gasteiger charge is 2.20. The Balaban J connectivity index is 4.21. The molecule has 0 fully saturated rings. The molecule has 0 aliphatic carbocycles. The average molecular weight is 514 g/mol. The third-order valence-electron chi connectivity index (χ3n) is 6.12. The number of rotatable bonds is 25. The molecule has 0 aromatic rings. The highest BCUT2D eigenvalue weighted by molar-refractivity contribution is 5.88. The van der Waals surface area contributed by atoms with Crippen LogP contribution in [0.4, 0.5) is 0 Å². The third-order valence-corrected chi connectivity index (χ3v) is 6.12. The third kappa shape index (κ3) is 20.4. The number of hydrogen-bond acceptors (Lipinski definition) is 7. The van der Waals surface area contributed by atoms with Crippen LogP contribution in [0.25, 0.3) is 0 Å². The van der Waals surface area contributed by atoms with Gasteiger partial charge in [0.2, 0.25) is 17.7 Å². The van der Waals surface area contributed by atoms with Crippen molar-refractivity contribution in [3.8, 4) is 0 Å². The first-order chi connectivity index (χ1) is 17.5. The van der Waals surface area contributed by atoms with Gasteiger partial charge in [-0.1, -0.05) is 33.1 Å². The van der Waals surface area contributed by atoms with E-state index >= 15 is 0 Å². The molecular formula is C26H55N7O3. The number of carbonyl (C=O) groups excluding carboxylic acids is 3. The molecule has 1 unspecified atom stereocenters. The van der Waals surface area contributed by atoms with Crippen molar-refractivity contribution in [1.82, 2.24) is 26.6 Å². The topological polar surface area (TPSA) is 163 Å². The highest BCUT2D eigenvalue weighted by Crippen LogP contribution is 2.10. The summed E-state index contributed by atoms with van der Waals surface area (Å²) in [5.74, 6) is -0.0111. The summed E-state index contributed by atoms with van der Waals surface area (Å²) in [6, 6.07) is -0.747. The Morgan fingerprint density at radius 2 is 1.19 bits per heavy atom. The predicted octanol–water partition coefficient (Wildman–Crippen LogP) is 0.747. The number of nitrogens with one attached hydrogen (secondary N) is 5. The Kier molecular flexibility index (Phi) is 23.7. The van der Waals surface area contributed by atoms with Crippen LogP contribution >= 0.6 is 0 Å². The van der Waals surface area contributed by atoms with Gasteiger partial charge in [0.15, 0.2) is 0 Å². The molecule has 10 nitrogen and oxygen atoms in total. The summed E-state index contributed by atoms with van der Waals surface area (Å²) in [6.45, 7) is 9.71. The quantitative estimate of drug-likeness (QED) is 0.0885. The second-order valence-corrected chi connectivity index (χ2v) is 9.39. The highest BCUT2D eigenvalue weighted by atomic mass is 16.2. The van der Waals surface area contributed by atoms with Crippen molar-refractivity contribution in [3.05, 3.63) is 0 Å². The van der Waals surface area contributed by atoms with Crippen LogP contribution in [0, 0.1) is 5.92 Å². The van der Waals surface area contributed by atoms with Gasteiger partial charge in [-0.15, -0.1) is 0 Å². The van der Waals surface area contributed by atoms with Gasteiger partial charge in [-0.2, -0.15) is 0 Å². The van der Waals surface area contributed by atoms with Gasteiger partial charge >= 0.3 is 0 Å². The Morgan fingerprint density at radius 1 is 0.639 bits per heavy atom. The number of hydrogen-bond donors (Lipinski definition) is 7. The van der Waals surface area contributed by atoms with Crippen molar-refractivity contribution in [1.29, 1.82) is 0 Å². The molecule has 10 heteroatoms. The molecule has 1 atom stereocenters. The molecule has 0 spiro atoms. The van der Waals surface area contributed by atoms with E-state index in [1.165, 1.54) is 6.42 Å². The van der Waals surface area contributed by atoms with Crippen LogP contribution in [0.2, 0.25) is 0 Å². The minimum atomic E-state index is -0.747. The molecule has 0 aliphatic heterocycles. The Labute approximate surface area is 219 Å². The van der Waals surface area contributed by atoms with Gasteiger partial charge in [0.1, 0.15) is 6.04 Å². The molecule has 0 aromatic heterocycles.